The predicted molar refractivity (Wildman–Crippen MR) is 133 cm³/mol. The zero-order valence-electron chi connectivity index (χ0n) is 19.5. The maximum Gasteiger partial charge on any atom is 0.307 e. The van der Waals surface area contributed by atoms with Gasteiger partial charge < -0.3 is 9.84 Å². The van der Waals surface area contributed by atoms with Gasteiger partial charge in [0, 0.05) is 22.6 Å². The van der Waals surface area contributed by atoms with Gasteiger partial charge in [0.25, 0.3) is 0 Å². The number of hydrogen-bond donors (Lipinski definition) is 1. The maximum atomic E-state index is 15.1. The minimum absolute atomic E-state index is 0.242. The van der Waals surface area contributed by atoms with Crippen molar-refractivity contribution in [3.63, 3.8) is 0 Å². The average molecular weight is 468 g/mol. The molecule has 176 valence electrons. The second-order valence-corrected chi connectivity index (χ2v) is 9.64. The Morgan fingerprint density at radius 3 is 2.66 bits per heavy atom. The SMILES string of the molecule is CC[C@]1(c2ccc(O[C@@H]3CCc4c(-c5cccc6ncccc56)ccc(F)c43)cc2)C[C@@H]1C(=O)O. The van der Waals surface area contributed by atoms with Crippen molar-refractivity contribution in [3.05, 3.63) is 95.4 Å². The fraction of sp³-hybridized carbons (Fsp3) is 0.267. The molecule has 4 aromatic rings. The largest absolute Gasteiger partial charge is 0.486 e. The number of fused-ring (bicyclic) bond motifs is 2. The topological polar surface area (TPSA) is 59.4 Å². The molecule has 3 atom stereocenters. The lowest BCUT2D eigenvalue weighted by Crippen LogP contribution is -2.14. The summed E-state index contributed by atoms with van der Waals surface area (Å²) in [5, 5.41) is 10.5. The normalized spacial score (nSPS) is 22.7. The number of pyridine rings is 1. The van der Waals surface area contributed by atoms with Crippen molar-refractivity contribution in [3.8, 4) is 16.9 Å². The molecule has 1 aromatic heterocycles. The molecule has 0 radical (unpaired) electrons. The van der Waals surface area contributed by atoms with Crippen molar-refractivity contribution in [2.75, 3.05) is 0 Å². The van der Waals surface area contributed by atoms with Crippen molar-refractivity contribution >= 4 is 16.9 Å². The molecule has 1 heterocycles. The highest BCUT2D eigenvalue weighted by Crippen LogP contribution is 2.57. The lowest BCUT2D eigenvalue weighted by atomic mass is 9.90. The van der Waals surface area contributed by atoms with E-state index in [9.17, 15) is 9.90 Å². The van der Waals surface area contributed by atoms with Gasteiger partial charge in [-0.3, -0.25) is 9.78 Å². The third-order valence-electron chi connectivity index (χ3n) is 7.93. The van der Waals surface area contributed by atoms with Crippen LogP contribution in [0.5, 0.6) is 5.75 Å². The number of carboxylic acids is 1. The van der Waals surface area contributed by atoms with Gasteiger partial charge >= 0.3 is 5.97 Å². The summed E-state index contributed by atoms with van der Waals surface area (Å²) in [5.74, 6) is -0.626. The summed E-state index contributed by atoms with van der Waals surface area (Å²) in [7, 11) is 0. The van der Waals surface area contributed by atoms with Gasteiger partial charge in [0.1, 0.15) is 17.7 Å². The number of benzene rings is 3. The summed E-state index contributed by atoms with van der Waals surface area (Å²) < 4.78 is 21.4. The van der Waals surface area contributed by atoms with Crippen molar-refractivity contribution in [1.82, 2.24) is 4.98 Å². The van der Waals surface area contributed by atoms with E-state index >= 15 is 4.39 Å². The standard InChI is InChI=1S/C30H26FNO3/c1-2-30(17-24(30)29(33)34)18-8-10-19(11-9-18)35-27-15-13-23-21(12-14-25(31)28(23)27)20-5-3-7-26-22(20)6-4-16-32-26/h3-12,14,16,24,27H,2,13,15,17H2,1H3,(H,33,34)/t24-,27-,30-/m1/s1. The van der Waals surface area contributed by atoms with Gasteiger partial charge in [0.15, 0.2) is 0 Å². The number of hydrogen-bond acceptors (Lipinski definition) is 3. The molecule has 0 unspecified atom stereocenters. The minimum Gasteiger partial charge on any atom is -0.486 e. The highest BCUT2D eigenvalue weighted by molar-refractivity contribution is 5.95. The molecule has 6 rings (SSSR count). The number of carbonyl (C=O) groups is 1. The molecule has 0 aliphatic heterocycles. The van der Waals surface area contributed by atoms with E-state index < -0.39 is 5.97 Å². The quantitative estimate of drug-likeness (QED) is 0.337. The molecule has 0 amide bonds. The molecular weight excluding hydrogens is 441 g/mol. The molecule has 1 fully saturated rings. The highest BCUT2D eigenvalue weighted by Gasteiger charge is 2.58. The van der Waals surface area contributed by atoms with Gasteiger partial charge in [-0.2, -0.15) is 0 Å². The zero-order chi connectivity index (χ0) is 24.2. The molecule has 0 bridgehead atoms. The molecule has 35 heavy (non-hydrogen) atoms. The molecule has 5 heteroatoms. The summed E-state index contributed by atoms with van der Waals surface area (Å²) in [5.41, 5.74) is 5.38. The van der Waals surface area contributed by atoms with E-state index in [0.29, 0.717) is 24.2 Å². The van der Waals surface area contributed by atoms with E-state index in [1.165, 1.54) is 6.07 Å². The Morgan fingerprint density at radius 2 is 1.91 bits per heavy atom. The fourth-order valence-corrected chi connectivity index (χ4v) is 5.95. The number of ether oxygens (including phenoxy) is 1. The van der Waals surface area contributed by atoms with E-state index in [1.54, 1.807) is 6.20 Å². The molecular formula is C30H26FNO3. The first-order valence-electron chi connectivity index (χ1n) is 12.2. The fourth-order valence-electron chi connectivity index (χ4n) is 5.95. The second kappa shape index (κ2) is 8.19. The van der Waals surface area contributed by atoms with E-state index in [0.717, 1.165) is 46.0 Å². The van der Waals surface area contributed by atoms with Crippen molar-refractivity contribution < 1.29 is 19.0 Å². The molecule has 0 spiro atoms. The number of carboxylic acid groups (broad SMARTS) is 1. The van der Waals surface area contributed by atoms with Crippen LogP contribution < -0.4 is 4.74 Å². The molecule has 1 saturated carbocycles. The lowest BCUT2D eigenvalue weighted by Gasteiger charge is -2.19. The van der Waals surface area contributed by atoms with E-state index in [-0.39, 0.29) is 23.3 Å². The first-order valence-corrected chi connectivity index (χ1v) is 12.2. The molecule has 1 N–H and O–H groups in total. The molecule has 2 aliphatic rings. The molecule has 4 nitrogen and oxygen atoms in total. The monoisotopic (exact) mass is 467 g/mol. The van der Waals surface area contributed by atoms with Crippen LogP contribution in [0.25, 0.3) is 22.0 Å². The summed E-state index contributed by atoms with van der Waals surface area (Å²) in [6.07, 6.45) is 4.32. The van der Waals surface area contributed by atoms with Gasteiger partial charge in [0.2, 0.25) is 0 Å². The Balaban J connectivity index is 1.30. The number of nitrogens with zero attached hydrogens (tertiary/aromatic N) is 1. The lowest BCUT2D eigenvalue weighted by molar-refractivity contribution is -0.139. The zero-order valence-corrected chi connectivity index (χ0v) is 19.5. The Bertz CT molecular complexity index is 1440. The number of halogens is 1. The van der Waals surface area contributed by atoms with Crippen LogP contribution in [0.2, 0.25) is 0 Å². The van der Waals surface area contributed by atoms with Crippen molar-refractivity contribution in [1.29, 1.82) is 0 Å². The number of rotatable bonds is 6. The molecule has 2 aliphatic carbocycles. The second-order valence-electron chi connectivity index (χ2n) is 9.64. The van der Waals surface area contributed by atoms with Crippen LogP contribution in [0.4, 0.5) is 4.39 Å². The third kappa shape index (κ3) is 3.49. The van der Waals surface area contributed by atoms with Crippen molar-refractivity contribution in [2.45, 2.75) is 44.1 Å². The molecule has 0 saturated heterocycles. The van der Waals surface area contributed by atoms with E-state index in [2.05, 4.69) is 17.1 Å². The Morgan fingerprint density at radius 1 is 1.09 bits per heavy atom. The van der Waals surface area contributed by atoms with Crippen LogP contribution >= 0.6 is 0 Å². The Hall–Kier alpha value is -3.73. The van der Waals surface area contributed by atoms with Crippen LogP contribution in [0, 0.1) is 11.7 Å². The molecule has 3 aromatic carbocycles. The summed E-state index contributed by atoms with van der Waals surface area (Å²) >= 11 is 0. The van der Waals surface area contributed by atoms with Gasteiger partial charge in [0.05, 0.1) is 11.4 Å². The van der Waals surface area contributed by atoms with Crippen LogP contribution in [0.15, 0.2) is 72.9 Å². The first-order chi connectivity index (χ1) is 17.0. The van der Waals surface area contributed by atoms with E-state index in [4.69, 9.17) is 4.74 Å². The third-order valence-corrected chi connectivity index (χ3v) is 7.93. The number of aromatic nitrogens is 1. The Labute approximate surface area is 203 Å². The van der Waals surface area contributed by atoms with Gasteiger partial charge in [-0.05, 0) is 78.3 Å². The number of aliphatic carboxylic acids is 1. The predicted octanol–water partition coefficient (Wildman–Crippen LogP) is 6.86. The smallest absolute Gasteiger partial charge is 0.307 e. The van der Waals surface area contributed by atoms with Crippen LogP contribution in [0.1, 0.15) is 49.0 Å². The summed E-state index contributed by atoms with van der Waals surface area (Å²) in [4.78, 5) is 16.0. The van der Waals surface area contributed by atoms with Gasteiger partial charge in [-0.15, -0.1) is 0 Å². The Kier molecular flexibility index (Phi) is 5.10. The van der Waals surface area contributed by atoms with Crippen LogP contribution in [-0.4, -0.2) is 16.1 Å². The van der Waals surface area contributed by atoms with Crippen LogP contribution in [-0.2, 0) is 16.6 Å². The van der Waals surface area contributed by atoms with Crippen molar-refractivity contribution in [2.24, 2.45) is 5.92 Å². The minimum atomic E-state index is -0.733. The average Bonchev–Trinajstić information content (AvgIpc) is 3.50. The highest BCUT2D eigenvalue weighted by atomic mass is 19.1. The van der Waals surface area contributed by atoms with Gasteiger partial charge in [-0.1, -0.05) is 43.3 Å². The maximum absolute atomic E-state index is 15.1. The summed E-state index contributed by atoms with van der Waals surface area (Å²) in [6.45, 7) is 2.04. The van der Waals surface area contributed by atoms with Gasteiger partial charge in [-0.25, -0.2) is 4.39 Å². The summed E-state index contributed by atoms with van der Waals surface area (Å²) in [6, 6.07) is 21.1. The van der Waals surface area contributed by atoms with E-state index in [1.807, 2.05) is 55.5 Å². The van der Waals surface area contributed by atoms with Crippen LogP contribution in [0.3, 0.4) is 0 Å². The first kappa shape index (κ1) is 21.8.